The molecule has 1 heterocycles. The highest BCUT2D eigenvalue weighted by Crippen LogP contribution is 2.07. The molecule has 0 aliphatic rings. The van der Waals surface area contributed by atoms with E-state index in [4.69, 9.17) is 0 Å². The van der Waals surface area contributed by atoms with Crippen LogP contribution in [0.5, 0.6) is 0 Å². The van der Waals surface area contributed by atoms with Crippen molar-refractivity contribution < 1.29 is 8.91 Å². The molecule has 1 N–H and O–H groups in total. The summed E-state index contributed by atoms with van der Waals surface area (Å²) in [5.41, 5.74) is 1.20. The summed E-state index contributed by atoms with van der Waals surface area (Å²) < 4.78 is 17.1. The van der Waals surface area contributed by atoms with E-state index < -0.39 is 5.63 Å². The molecule has 0 bridgehead atoms. The summed E-state index contributed by atoms with van der Waals surface area (Å²) in [7, 11) is 0. The maximum atomic E-state index is 12.6. The van der Waals surface area contributed by atoms with Gasteiger partial charge < -0.3 is 4.52 Å². The third kappa shape index (κ3) is 1.90. The molecule has 0 radical (unpaired) electrons. The van der Waals surface area contributed by atoms with Gasteiger partial charge in [-0.15, -0.1) is 0 Å². The van der Waals surface area contributed by atoms with Gasteiger partial charge in [0.25, 0.3) is 0 Å². The van der Waals surface area contributed by atoms with Crippen molar-refractivity contribution in [1.82, 2.24) is 5.16 Å². The lowest BCUT2D eigenvalue weighted by molar-refractivity contribution is 0.386. The van der Waals surface area contributed by atoms with Crippen LogP contribution in [0, 0.1) is 5.82 Å². The van der Waals surface area contributed by atoms with E-state index >= 15 is 0 Å². The van der Waals surface area contributed by atoms with Crippen LogP contribution in [0.2, 0.25) is 0 Å². The second-order valence-corrected chi connectivity index (χ2v) is 3.00. The van der Waals surface area contributed by atoms with Gasteiger partial charge in [-0.2, -0.15) is 0 Å². The van der Waals surface area contributed by atoms with Crippen molar-refractivity contribution in [2.24, 2.45) is 0 Å². The van der Waals surface area contributed by atoms with Crippen molar-refractivity contribution in [2.45, 2.75) is 6.42 Å². The number of aromatic nitrogens is 1. The van der Waals surface area contributed by atoms with Crippen LogP contribution in [0.15, 0.2) is 39.6 Å². The van der Waals surface area contributed by atoms with E-state index in [9.17, 15) is 9.18 Å². The highest BCUT2D eigenvalue weighted by Gasteiger charge is 2.00. The van der Waals surface area contributed by atoms with Gasteiger partial charge in [0.1, 0.15) is 5.82 Å². The van der Waals surface area contributed by atoms with Crippen LogP contribution in [-0.4, -0.2) is 5.16 Å². The molecule has 0 atom stereocenters. The van der Waals surface area contributed by atoms with Crippen molar-refractivity contribution in [3.8, 4) is 0 Å². The van der Waals surface area contributed by atoms with Crippen LogP contribution in [0.3, 0.4) is 0 Å². The van der Waals surface area contributed by atoms with Crippen LogP contribution in [0.4, 0.5) is 4.39 Å². The van der Waals surface area contributed by atoms with Crippen LogP contribution in [0.25, 0.3) is 0 Å². The van der Waals surface area contributed by atoms with Gasteiger partial charge in [-0.1, -0.05) is 12.1 Å². The predicted octanol–water partition coefficient (Wildman–Crippen LogP) is 1.70. The van der Waals surface area contributed by atoms with E-state index in [-0.39, 0.29) is 5.82 Å². The molecule has 0 saturated heterocycles. The van der Waals surface area contributed by atoms with Gasteiger partial charge in [0, 0.05) is 12.5 Å². The lowest BCUT2D eigenvalue weighted by Crippen LogP contribution is -1.89. The minimum absolute atomic E-state index is 0.269. The minimum Gasteiger partial charge on any atom is -0.339 e. The fraction of sp³-hybridized carbons (Fsp3) is 0.100. The largest absolute Gasteiger partial charge is 0.357 e. The Hall–Kier alpha value is -1.84. The first-order valence-corrected chi connectivity index (χ1v) is 4.16. The zero-order valence-electron chi connectivity index (χ0n) is 7.29. The Labute approximate surface area is 79.1 Å². The third-order valence-corrected chi connectivity index (χ3v) is 1.88. The first-order chi connectivity index (χ1) is 6.74. The first kappa shape index (κ1) is 8.74. The number of H-pyrrole nitrogens is 1. The second kappa shape index (κ2) is 3.49. The fourth-order valence-corrected chi connectivity index (χ4v) is 1.23. The Morgan fingerprint density at radius 1 is 1.29 bits per heavy atom. The van der Waals surface area contributed by atoms with Gasteiger partial charge in [0.2, 0.25) is 0 Å². The Morgan fingerprint density at radius 2 is 2.00 bits per heavy atom. The molecule has 1 aromatic heterocycles. The third-order valence-electron chi connectivity index (χ3n) is 1.88. The SMILES string of the molecule is O=c1cc(Cc2ccc(F)cc2)[nH]o1. The monoisotopic (exact) mass is 193 g/mol. The van der Waals surface area contributed by atoms with E-state index in [1.165, 1.54) is 18.2 Å². The summed E-state index contributed by atoms with van der Waals surface area (Å²) in [4.78, 5) is 10.7. The fourth-order valence-electron chi connectivity index (χ4n) is 1.23. The molecular formula is C10H8FNO2. The number of hydrogen-bond acceptors (Lipinski definition) is 2. The molecule has 0 amide bonds. The summed E-state index contributed by atoms with van der Waals surface area (Å²) in [6, 6.07) is 7.48. The summed E-state index contributed by atoms with van der Waals surface area (Å²) in [6.45, 7) is 0. The highest BCUT2D eigenvalue weighted by molar-refractivity contribution is 5.21. The predicted molar refractivity (Wildman–Crippen MR) is 48.5 cm³/mol. The lowest BCUT2D eigenvalue weighted by Gasteiger charge is -1.96. The molecule has 0 saturated carbocycles. The molecule has 1 aromatic carbocycles. The maximum absolute atomic E-state index is 12.6. The molecule has 2 aromatic rings. The molecule has 2 rings (SSSR count). The average Bonchev–Trinajstić information content (AvgIpc) is 2.56. The van der Waals surface area contributed by atoms with E-state index in [2.05, 4.69) is 9.68 Å². The number of aromatic amines is 1. The van der Waals surface area contributed by atoms with E-state index in [0.717, 1.165) is 5.56 Å². The molecule has 3 nitrogen and oxygen atoms in total. The number of rotatable bonds is 2. The van der Waals surface area contributed by atoms with E-state index in [0.29, 0.717) is 12.1 Å². The van der Waals surface area contributed by atoms with Crippen molar-refractivity contribution in [2.75, 3.05) is 0 Å². The normalized spacial score (nSPS) is 10.4. The van der Waals surface area contributed by atoms with Gasteiger partial charge in [-0.25, -0.2) is 14.3 Å². The van der Waals surface area contributed by atoms with Gasteiger partial charge in [0.15, 0.2) is 0 Å². The van der Waals surface area contributed by atoms with Crippen LogP contribution in [0.1, 0.15) is 11.3 Å². The Bertz CT molecular complexity index is 469. The zero-order chi connectivity index (χ0) is 9.97. The van der Waals surface area contributed by atoms with Crippen LogP contribution in [-0.2, 0) is 6.42 Å². The number of nitrogens with one attached hydrogen (secondary N) is 1. The second-order valence-electron chi connectivity index (χ2n) is 3.00. The minimum atomic E-state index is -0.401. The van der Waals surface area contributed by atoms with Gasteiger partial charge in [0.05, 0.1) is 5.69 Å². The van der Waals surface area contributed by atoms with Crippen LogP contribution >= 0.6 is 0 Å². The average molecular weight is 193 g/mol. The molecule has 0 fully saturated rings. The van der Waals surface area contributed by atoms with Crippen molar-refractivity contribution in [3.63, 3.8) is 0 Å². The van der Waals surface area contributed by atoms with Gasteiger partial charge in [-0.3, -0.25) is 0 Å². The Balaban J connectivity index is 2.19. The number of hydrogen-bond donors (Lipinski definition) is 1. The maximum Gasteiger partial charge on any atom is 0.357 e. The zero-order valence-corrected chi connectivity index (χ0v) is 7.29. The summed E-state index contributed by atoms with van der Waals surface area (Å²) >= 11 is 0. The van der Waals surface area contributed by atoms with Crippen molar-refractivity contribution >= 4 is 0 Å². The van der Waals surface area contributed by atoms with Gasteiger partial charge >= 0.3 is 5.63 Å². The smallest absolute Gasteiger partial charge is 0.339 e. The molecule has 0 aliphatic carbocycles. The Morgan fingerprint density at radius 3 is 2.57 bits per heavy atom. The molecule has 72 valence electrons. The topological polar surface area (TPSA) is 46.0 Å². The summed E-state index contributed by atoms with van der Waals surface area (Å²) in [6.07, 6.45) is 0.534. The Kier molecular flexibility index (Phi) is 2.18. The molecule has 0 spiro atoms. The van der Waals surface area contributed by atoms with Crippen LogP contribution < -0.4 is 5.63 Å². The first-order valence-electron chi connectivity index (χ1n) is 4.16. The van der Waals surface area contributed by atoms with E-state index in [1.54, 1.807) is 12.1 Å². The summed E-state index contributed by atoms with van der Waals surface area (Å²) in [5.74, 6) is -0.269. The van der Waals surface area contributed by atoms with E-state index in [1.807, 2.05) is 0 Å². The molecule has 0 aliphatic heterocycles. The quantitative estimate of drug-likeness (QED) is 0.788. The highest BCUT2D eigenvalue weighted by atomic mass is 19.1. The molecule has 14 heavy (non-hydrogen) atoms. The van der Waals surface area contributed by atoms with Crippen molar-refractivity contribution in [1.29, 1.82) is 0 Å². The molecule has 4 heteroatoms. The standard InChI is InChI=1S/C10H8FNO2/c11-8-3-1-7(2-4-8)5-9-6-10(13)14-12-9/h1-4,6,12H,5H2. The molecule has 0 unspecified atom stereocenters. The lowest BCUT2D eigenvalue weighted by atomic mass is 10.1. The van der Waals surface area contributed by atoms with Crippen molar-refractivity contribution in [3.05, 3.63) is 57.8 Å². The number of halogens is 1. The molecular weight excluding hydrogens is 185 g/mol. The number of benzene rings is 1. The summed E-state index contributed by atoms with van der Waals surface area (Å²) in [5, 5.41) is 2.49. The van der Waals surface area contributed by atoms with Gasteiger partial charge in [-0.05, 0) is 17.7 Å².